The molecule has 0 fully saturated rings. The van der Waals surface area contributed by atoms with E-state index in [1.165, 1.54) is 0 Å². The molecule has 0 saturated heterocycles. The number of halogens is 1. The minimum atomic E-state index is -0.839. The van der Waals surface area contributed by atoms with E-state index >= 15 is 0 Å². The highest BCUT2D eigenvalue weighted by Crippen LogP contribution is 2.34. The monoisotopic (exact) mass is 427 g/mol. The third-order valence-corrected chi connectivity index (χ3v) is 5.24. The van der Waals surface area contributed by atoms with Gasteiger partial charge in [0.2, 0.25) is 5.82 Å². The lowest BCUT2D eigenvalue weighted by Crippen LogP contribution is -2.31. The van der Waals surface area contributed by atoms with Crippen LogP contribution in [0.1, 0.15) is 37.4 Å². The third kappa shape index (κ3) is 4.17. The average molecular weight is 428 g/mol. The summed E-state index contributed by atoms with van der Waals surface area (Å²) in [6.45, 7) is 4.57. The lowest BCUT2D eigenvalue weighted by Gasteiger charge is -2.27. The second-order valence-electron chi connectivity index (χ2n) is 7.46. The summed E-state index contributed by atoms with van der Waals surface area (Å²) >= 11 is 6.33. The zero-order valence-electron chi connectivity index (χ0n) is 16.7. The molecule has 1 aliphatic heterocycles. The van der Waals surface area contributed by atoms with Crippen LogP contribution in [0.2, 0.25) is 5.02 Å². The summed E-state index contributed by atoms with van der Waals surface area (Å²) in [7, 11) is 0. The van der Waals surface area contributed by atoms with Crippen LogP contribution in [-0.4, -0.2) is 33.9 Å². The first kappa shape index (κ1) is 20.4. The Bertz CT molecular complexity index is 1080. The first-order valence-electron chi connectivity index (χ1n) is 9.80. The predicted molar refractivity (Wildman–Crippen MR) is 113 cm³/mol. The van der Waals surface area contributed by atoms with Gasteiger partial charge in [0.1, 0.15) is 5.75 Å². The number of carboxylic acid groups (broad SMARTS) is 1. The Morgan fingerprint density at radius 1 is 1.37 bits per heavy atom. The molecule has 1 aliphatic rings. The van der Waals surface area contributed by atoms with E-state index in [0.717, 1.165) is 23.1 Å². The number of hydrogen-bond acceptors (Lipinski definition) is 6. The van der Waals surface area contributed by atoms with Crippen molar-refractivity contribution in [1.82, 2.24) is 15.5 Å². The van der Waals surface area contributed by atoms with Gasteiger partial charge in [-0.3, -0.25) is 4.79 Å². The van der Waals surface area contributed by atoms with Gasteiger partial charge < -0.3 is 19.7 Å². The van der Waals surface area contributed by atoms with Crippen LogP contribution in [0.3, 0.4) is 0 Å². The average Bonchev–Trinajstić information content (AvgIpc) is 3.19. The fourth-order valence-corrected chi connectivity index (χ4v) is 3.92. The Kier molecular flexibility index (Phi) is 5.74. The Labute approximate surface area is 179 Å². The van der Waals surface area contributed by atoms with Crippen LogP contribution in [0, 0.1) is 0 Å². The molecule has 7 nitrogen and oxygen atoms in total. The van der Waals surface area contributed by atoms with Gasteiger partial charge in [-0.1, -0.05) is 35.0 Å². The maximum atomic E-state index is 11.2. The molecule has 156 valence electrons. The molecule has 0 saturated carbocycles. The minimum absolute atomic E-state index is 0.0204. The van der Waals surface area contributed by atoms with Gasteiger partial charge >= 0.3 is 5.97 Å². The van der Waals surface area contributed by atoms with Crippen LogP contribution in [0.5, 0.6) is 5.75 Å². The number of nitrogens with one attached hydrogen (secondary N) is 1. The maximum absolute atomic E-state index is 11.2. The molecule has 0 aliphatic carbocycles. The highest BCUT2D eigenvalue weighted by atomic mass is 35.5. The van der Waals surface area contributed by atoms with E-state index in [2.05, 4.69) is 15.5 Å². The van der Waals surface area contributed by atoms with Gasteiger partial charge in [0.05, 0.1) is 17.5 Å². The summed E-state index contributed by atoms with van der Waals surface area (Å²) in [4.78, 5) is 15.8. The van der Waals surface area contributed by atoms with Crippen LogP contribution in [0.4, 0.5) is 0 Å². The van der Waals surface area contributed by atoms with E-state index in [1.807, 2.05) is 38.1 Å². The quantitative estimate of drug-likeness (QED) is 0.597. The summed E-state index contributed by atoms with van der Waals surface area (Å²) in [5.41, 5.74) is 3.56. The Balaban J connectivity index is 1.65. The van der Waals surface area contributed by atoms with Gasteiger partial charge in [-0.05, 0) is 56.1 Å². The smallest absolute Gasteiger partial charge is 0.305 e. The molecular formula is C22H22ClN3O4. The molecule has 2 heterocycles. The van der Waals surface area contributed by atoms with E-state index < -0.39 is 5.97 Å². The molecule has 1 unspecified atom stereocenters. The van der Waals surface area contributed by atoms with Crippen LogP contribution in [0.15, 0.2) is 40.9 Å². The van der Waals surface area contributed by atoms with Crippen LogP contribution < -0.4 is 10.1 Å². The second kappa shape index (κ2) is 8.45. The summed E-state index contributed by atoms with van der Waals surface area (Å²) in [5.74, 6) is 0.590. The van der Waals surface area contributed by atoms with Gasteiger partial charge in [0.15, 0.2) is 0 Å². The van der Waals surface area contributed by atoms with Crippen LogP contribution in [-0.2, 0) is 11.2 Å². The summed E-state index contributed by atoms with van der Waals surface area (Å²) in [6.07, 6.45) is 0.808. The van der Waals surface area contributed by atoms with Gasteiger partial charge in [-0.25, -0.2) is 0 Å². The lowest BCUT2D eigenvalue weighted by molar-refractivity contribution is -0.137. The third-order valence-electron chi connectivity index (χ3n) is 4.94. The number of benzene rings is 2. The molecule has 0 bridgehead atoms. The van der Waals surface area contributed by atoms with Crippen molar-refractivity contribution in [2.24, 2.45) is 0 Å². The van der Waals surface area contributed by atoms with E-state index in [1.54, 1.807) is 12.1 Å². The highest BCUT2D eigenvalue weighted by molar-refractivity contribution is 6.32. The largest absolute Gasteiger partial charge is 0.489 e. The molecule has 1 atom stereocenters. The molecule has 2 N–H and O–H groups in total. The van der Waals surface area contributed by atoms with Crippen LogP contribution >= 0.6 is 11.6 Å². The van der Waals surface area contributed by atoms with Crippen molar-refractivity contribution < 1.29 is 19.2 Å². The van der Waals surface area contributed by atoms with Gasteiger partial charge in [-0.15, -0.1) is 0 Å². The molecule has 0 radical (unpaired) electrons. The van der Waals surface area contributed by atoms with E-state index in [0.29, 0.717) is 34.6 Å². The van der Waals surface area contributed by atoms with E-state index in [4.69, 9.17) is 20.9 Å². The normalized spacial score (nSPS) is 15.8. The molecule has 0 spiro atoms. The zero-order chi connectivity index (χ0) is 21.3. The molecule has 2 aromatic carbocycles. The predicted octanol–water partition coefficient (Wildman–Crippen LogP) is 4.51. The zero-order valence-corrected chi connectivity index (χ0v) is 17.4. The molecule has 30 heavy (non-hydrogen) atoms. The fourth-order valence-electron chi connectivity index (χ4n) is 3.69. The fraction of sp³-hybridized carbons (Fsp3) is 0.318. The standard InChI is InChI=1S/C22H22ClN3O4/c1-12(2)29-19-7-6-13(10-17(19)23)22-25-21(26-30-22)16-5-3-4-15-14(16)8-9-24-18(15)11-20(27)28/h3-7,10,12,18,24H,8-9,11H2,1-2H3,(H,27,28). The number of aromatic nitrogens is 2. The molecular weight excluding hydrogens is 406 g/mol. The van der Waals surface area contributed by atoms with Crippen LogP contribution in [0.25, 0.3) is 22.8 Å². The molecule has 0 amide bonds. The van der Waals surface area contributed by atoms with Crippen molar-refractivity contribution in [2.45, 2.75) is 38.8 Å². The molecule has 8 heteroatoms. The molecule has 1 aromatic heterocycles. The van der Waals surface area contributed by atoms with Gasteiger partial charge in [0, 0.05) is 17.2 Å². The number of fused-ring (bicyclic) bond motifs is 1. The van der Waals surface area contributed by atoms with Crippen molar-refractivity contribution in [3.05, 3.63) is 52.5 Å². The number of carbonyl (C=O) groups is 1. The molecule has 4 rings (SSSR count). The Morgan fingerprint density at radius 2 is 2.20 bits per heavy atom. The van der Waals surface area contributed by atoms with Crippen molar-refractivity contribution in [1.29, 1.82) is 0 Å². The van der Waals surface area contributed by atoms with Gasteiger partial charge in [-0.2, -0.15) is 4.98 Å². The number of aliphatic carboxylic acids is 1. The topological polar surface area (TPSA) is 97.5 Å². The number of carboxylic acids is 1. The summed E-state index contributed by atoms with van der Waals surface area (Å²) < 4.78 is 11.2. The van der Waals surface area contributed by atoms with Crippen molar-refractivity contribution in [2.75, 3.05) is 6.54 Å². The first-order valence-corrected chi connectivity index (χ1v) is 10.2. The SMILES string of the molecule is CC(C)Oc1ccc(-c2nc(-c3cccc4c3CCNC4CC(=O)O)no2)cc1Cl. The van der Waals surface area contributed by atoms with Crippen molar-refractivity contribution in [3.63, 3.8) is 0 Å². The summed E-state index contributed by atoms with van der Waals surface area (Å²) in [6, 6.07) is 10.9. The number of hydrogen-bond donors (Lipinski definition) is 2. The van der Waals surface area contributed by atoms with Crippen molar-refractivity contribution in [3.8, 4) is 28.6 Å². The van der Waals surface area contributed by atoms with E-state index in [-0.39, 0.29) is 18.6 Å². The van der Waals surface area contributed by atoms with Gasteiger partial charge in [0.25, 0.3) is 5.89 Å². The number of ether oxygens (including phenoxy) is 1. The number of nitrogens with zero attached hydrogens (tertiary/aromatic N) is 2. The number of rotatable bonds is 6. The maximum Gasteiger partial charge on any atom is 0.305 e. The van der Waals surface area contributed by atoms with Crippen molar-refractivity contribution >= 4 is 17.6 Å². The first-order chi connectivity index (χ1) is 14.4. The Hall–Kier alpha value is -2.90. The molecule has 3 aromatic rings. The lowest BCUT2D eigenvalue weighted by atomic mass is 9.89. The highest BCUT2D eigenvalue weighted by Gasteiger charge is 2.25. The second-order valence-corrected chi connectivity index (χ2v) is 7.87. The summed E-state index contributed by atoms with van der Waals surface area (Å²) in [5, 5.41) is 17.1. The van der Waals surface area contributed by atoms with E-state index in [9.17, 15) is 9.90 Å². The Morgan fingerprint density at radius 3 is 2.93 bits per heavy atom. The minimum Gasteiger partial charge on any atom is -0.489 e.